The molecule has 0 saturated heterocycles. The van der Waals surface area contributed by atoms with E-state index in [1.165, 1.54) is 0 Å². The molecule has 0 bridgehead atoms. The van der Waals surface area contributed by atoms with Gasteiger partial charge in [0.2, 0.25) is 11.8 Å². The molecule has 1 atom stereocenters. The number of aryl methyl sites for hydroxylation is 1. The van der Waals surface area contributed by atoms with Crippen molar-refractivity contribution in [1.82, 2.24) is 10.2 Å². The average Bonchev–Trinajstić information content (AvgIpc) is 2.95. The fraction of sp³-hybridized carbons (Fsp3) is 0.375. The summed E-state index contributed by atoms with van der Waals surface area (Å²) in [6.07, 6.45) is 1.80. The summed E-state index contributed by atoms with van der Waals surface area (Å²) in [6, 6.07) is 19.9. The molecule has 0 aliphatic rings. The van der Waals surface area contributed by atoms with E-state index in [2.05, 4.69) is 5.32 Å². The summed E-state index contributed by atoms with van der Waals surface area (Å²) in [5.41, 5.74) is 2.50. The van der Waals surface area contributed by atoms with E-state index in [-0.39, 0.29) is 24.8 Å². The van der Waals surface area contributed by atoms with E-state index >= 15 is 0 Å². The van der Waals surface area contributed by atoms with Crippen molar-refractivity contribution in [3.8, 4) is 11.5 Å². The first-order valence-corrected chi connectivity index (χ1v) is 14.6. The van der Waals surface area contributed by atoms with E-state index in [1.54, 1.807) is 23.1 Å². The van der Waals surface area contributed by atoms with Gasteiger partial charge in [0.05, 0.1) is 13.2 Å². The highest BCUT2D eigenvalue weighted by Crippen LogP contribution is 2.30. The van der Waals surface area contributed by atoms with Crippen LogP contribution in [0.1, 0.15) is 50.3 Å². The van der Waals surface area contributed by atoms with Crippen LogP contribution >= 0.6 is 23.2 Å². The minimum atomic E-state index is -0.742. The van der Waals surface area contributed by atoms with Gasteiger partial charge in [0.15, 0.2) is 11.5 Å². The summed E-state index contributed by atoms with van der Waals surface area (Å²) < 4.78 is 11.4. The minimum Gasteiger partial charge on any atom is -0.490 e. The Bertz CT molecular complexity index is 1230. The third-order valence-corrected chi connectivity index (χ3v) is 7.15. The van der Waals surface area contributed by atoms with Crippen LogP contribution in [0.15, 0.2) is 66.7 Å². The lowest BCUT2D eigenvalue weighted by molar-refractivity contribution is -0.141. The molecule has 1 unspecified atom stereocenters. The smallest absolute Gasteiger partial charge is 0.243 e. The molecule has 0 fully saturated rings. The number of carbonyl (C=O) groups is 2. The van der Waals surface area contributed by atoms with Crippen LogP contribution in [0.25, 0.3) is 0 Å². The zero-order valence-electron chi connectivity index (χ0n) is 23.4. The highest BCUT2D eigenvalue weighted by Gasteiger charge is 2.31. The normalized spacial score (nSPS) is 11.5. The number of carbonyl (C=O) groups excluding carboxylic acids is 2. The summed E-state index contributed by atoms with van der Waals surface area (Å²) in [5, 5.41) is 3.89. The van der Waals surface area contributed by atoms with Crippen molar-refractivity contribution in [3.05, 3.63) is 93.5 Å². The highest BCUT2D eigenvalue weighted by molar-refractivity contribution is 6.36. The predicted octanol–water partition coefficient (Wildman–Crippen LogP) is 6.89. The topological polar surface area (TPSA) is 67.9 Å². The Hall–Kier alpha value is -3.22. The number of hydrogen-bond acceptors (Lipinski definition) is 4. The van der Waals surface area contributed by atoms with E-state index in [4.69, 9.17) is 32.7 Å². The van der Waals surface area contributed by atoms with E-state index in [9.17, 15) is 9.59 Å². The van der Waals surface area contributed by atoms with Crippen molar-refractivity contribution in [3.63, 3.8) is 0 Å². The molecule has 1 N–H and O–H groups in total. The van der Waals surface area contributed by atoms with Crippen LogP contribution in [-0.2, 0) is 29.0 Å². The molecule has 40 heavy (non-hydrogen) atoms. The maximum absolute atomic E-state index is 13.9. The van der Waals surface area contributed by atoms with Gasteiger partial charge < -0.3 is 19.7 Å². The number of amides is 2. The number of ether oxygens (including phenoxy) is 2. The first-order chi connectivity index (χ1) is 19.4. The first kappa shape index (κ1) is 31.3. The molecule has 3 aromatic carbocycles. The Balaban J connectivity index is 1.93. The minimum absolute atomic E-state index is 0.113. The zero-order valence-corrected chi connectivity index (χ0v) is 24.9. The molecule has 3 aromatic rings. The molecule has 0 aliphatic carbocycles. The maximum atomic E-state index is 13.9. The SMILES string of the molecule is CCCNC(=O)C(Cc1ccccc1)N(Cc1c(Cl)cccc1Cl)C(=O)CCc1ccc(OCC)c(OCC)c1. The van der Waals surface area contributed by atoms with Gasteiger partial charge in [0, 0.05) is 41.5 Å². The van der Waals surface area contributed by atoms with E-state index < -0.39 is 6.04 Å². The lowest BCUT2D eigenvalue weighted by Gasteiger charge is -2.32. The van der Waals surface area contributed by atoms with Gasteiger partial charge in [-0.1, -0.05) is 72.6 Å². The second-order valence-electron chi connectivity index (χ2n) is 9.37. The monoisotopic (exact) mass is 584 g/mol. The second-order valence-corrected chi connectivity index (χ2v) is 10.2. The predicted molar refractivity (Wildman–Crippen MR) is 161 cm³/mol. The van der Waals surface area contributed by atoms with Gasteiger partial charge in [-0.15, -0.1) is 0 Å². The molecule has 0 radical (unpaired) electrons. The molecule has 0 spiro atoms. The first-order valence-electron chi connectivity index (χ1n) is 13.8. The van der Waals surface area contributed by atoms with E-state index in [1.807, 2.05) is 69.3 Å². The molecule has 8 heteroatoms. The second kappa shape index (κ2) is 16.1. The highest BCUT2D eigenvalue weighted by atomic mass is 35.5. The van der Waals surface area contributed by atoms with Gasteiger partial charge in [-0.25, -0.2) is 0 Å². The van der Waals surface area contributed by atoms with Crippen LogP contribution in [-0.4, -0.2) is 42.5 Å². The van der Waals surface area contributed by atoms with Crippen LogP contribution in [0.3, 0.4) is 0 Å². The number of hydrogen-bond donors (Lipinski definition) is 1. The third-order valence-electron chi connectivity index (χ3n) is 6.45. The quantitative estimate of drug-likeness (QED) is 0.211. The van der Waals surface area contributed by atoms with Crippen LogP contribution in [0.4, 0.5) is 0 Å². The van der Waals surface area contributed by atoms with Crippen molar-refractivity contribution in [1.29, 1.82) is 0 Å². The lowest BCUT2D eigenvalue weighted by atomic mass is 10.0. The fourth-order valence-electron chi connectivity index (χ4n) is 4.42. The summed E-state index contributed by atoms with van der Waals surface area (Å²) in [5.74, 6) is 0.942. The standard InChI is InChI=1S/C32H38Cl2N2O4/c1-4-19-35-32(38)28(20-23-11-8-7-9-12-23)36(22-25-26(33)13-10-14-27(25)34)31(37)18-16-24-15-17-29(39-5-2)30(21-24)40-6-3/h7-15,17,21,28H,4-6,16,18-20,22H2,1-3H3,(H,35,38). The molecule has 6 nitrogen and oxygen atoms in total. The van der Waals surface area contributed by atoms with Crippen molar-refractivity contribution in [2.75, 3.05) is 19.8 Å². The van der Waals surface area contributed by atoms with Gasteiger partial charge in [0.1, 0.15) is 6.04 Å². The van der Waals surface area contributed by atoms with Gasteiger partial charge in [0.25, 0.3) is 0 Å². The fourth-order valence-corrected chi connectivity index (χ4v) is 4.94. The lowest BCUT2D eigenvalue weighted by Crippen LogP contribution is -2.50. The molecule has 3 rings (SSSR count). The maximum Gasteiger partial charge on any atom is 0.243 e. The molecule has 0 aromatic heterocycles. The van der Waals surface area contributed by atoms with Gasteiger partial charge in [-0.05, 0) is 62.1 Å². The molecule has 214 valence electrons. The third kappa shape index (κ3) is 8.90. The summed E-state index contributed by atoms with van der Waals surface area (Å²) in [7, 11) is 0. The molecular weight excluding hydrogens is 547 g/mol. The number of benzene rings is 3. The van der Waals surface area contributed by atoms with Crippen molar-refractivity contribution >= 4 is 35.0 Å². The van der Waals surface area contributed by atoms with Gasteiger partial charge >= 0.3 is 0 Å². The number of nitrogens with one attached hydrogen (secondary N) is 1. The largest absolute Gasteiger partial charge is 0.490 e. The number of rotatable bonds is 15. The summed E-state index contributed by atoms with van der Waals surface area (Å²) >= 11 is 13.0. The molecule has 0 aliphatic heterocycles. The molecule has 0 heterocycles. The van der Waals surface area contributed by atoms with Crippen molar-refractivity contribution < 1.29 is 19.1 Å². The van der Waals surface area contributed by atoms with E-state index in [0.29, 0.717) is 59.7 Å². The zero-order chi connectivity index (χ0) is 28.9. The van der Waals surface area contributed by atoms with Gasteiger partial charge in [-0.3, -0.25) is 9.59 Å². The Morgan fingerprint density at radius 1 is 0.850 bits per heavy atom. The van der Waals surface area contributed by atoms with Crippen molar-refractivity contribution in [2.24, 2.45) is 0 Å². The number of halogens is 2. The number of nitrogens with zero attached hydrogens (tertiary/aromatic N) is 1. The Morgan fingerprint density at radius 2 is 1.52 bits per heavy atom. The molecule has 2 amide bonds. The molecule has 0 saturated carbocycles. The Kier molecular flexibility index (Phi) is 12.6. The van der Waals surface area contributed by atoms with Crippen LogP contribution in [0.2, 0.25) is 10.0 Å². The van der Waals surface area contributed by atoms with Crippen LogP contribution in [0, 0.1) is 0 Å². The molecular formula is C32H38Cl2N2O4. The van der Waals surface area contributed by atoms with Crippen LogP contribution in [0.5, 0.6) is 11.5 Å². The Labute approximate surface area is 247 Å². The van der Waals surface area contributed by atoms with Crippen molar-refractivity contribution in [2.45, 2.75) is 59.0 Å². The summed E-state index contributed by atoms with van der Waals surface area (Å²) in [6.45, 7) is 7.49. The van der Waals surface area contributed by atoms with Gasteiger partial charge in [-0.2, -0.15) is 0 Å². The van der Waals surface area contributed by atoms with E-state index in [0.717, 1.165) is 17.5 Å². The Morgan fingerprint density at radius 3 is 2.17 bits per heavy atom. The average molecular weight is 586 g/mol. The summed E-state index contributed by atoms with van der Waals surface area (Å²) in [4.78, 5) is 29.1. The van der Waals surface area contributed by atoms with Crippen LogP contribution < -0.4 is 14.8 Å².